The van der Waals surface area contributed by atoms with E-state index in [0.29, 0.717) is 6.54 Å². The van der Waals surface area contributed by atoms with E-state index >= 15 is 0 Å². The molecule has 0 aliphatic heterocycles. The minimum Gasteiger partial charge on any atom is -0.396 e. The van der Waals surface area contributed by atoms with E-state index < -0.39 is 10.0 Å². The number of sulfonamides is 1. The second-order valence-corrected chi connectivity index (χ2v) is 7.25. The second kappa shape index (κ2) is 5.90. The number of nitrogens with one attached hydrogen (secondary N) is 2. The van der Waals surface area contributed by atoms with Crippen LogP contribution in [0, 0.1) is 12.3 Å². The van der Waals surface area contributed by atoms with E-state index in [4.69, 9.17) is 0 Å². The summed E-state index contributed by atoms with van der Waals surface area (Å²) in [4.78, 5) is 0.227. The molecule has 0 radical (unpaired) electrons. The molecule has 0 saturated heterocycles. The zero-order valence-electron chi connectivity index (χ0n) is 11.8. The molecule has 0 saturated carbocycles. The molecule has 1 aromatic carbocycles. The van der Waals surface area contributed by atoms with Crippen molar-refractivity contribution in [2.45, 2.75) is 25.7 Å². The number of benzene rings is 1. The number of aliphatic hydroxyl groups excluding tert-OH is 1. The molecule has 0 fully saturated rings. The molecule has 0 spiro atoms. The number of hydrogen-bond acceptors (Lipinski definition) is 4. The highest BCUT2D eigenvalue weighted by atomic mass is 32.2. The molecule has 6 heteroatoms. The van der Waals surface area contributed by atoms with Gasteiger partial charge in [-0.3, -0.25) is 0 Å². The molecule has 3 N–H and O–H groups in total. The standard InChI is InChI=1S/C13H22N2O3S/c1-10-5-6-11(19(17,18)14-4)7-12(10)15-8-13(2,3)9-16/h5-7,14-16H,8-9H2,1-4H3. The molecular weight excluding hydrogens is 264 g/mol. The van der Waals surface area contributed by atoms with Crippen molar-refractivity contribution in [3.8, 4) is 0 Å². The Morgan fingerprint density at radius 3 is 2.47 bits per heavy atom. The van der Waals surface area contributed by atoms with Crippen LogP contribution in [0.25, 0.3) is 0 Å². The number of aryl methyl sites for hydroxylation is 1. The Bertz CT molecular complexity index is 539. The minimum absolute atomic E-state index is 0.0630. The molecule has 19 heavy (non-hydrogen) atoms. The van der Waals surface area contributed by atoms with Crippen molar-refractivity contribution in [2.24, 2.45) is 5.41 Å². The van der Waals surface area contributed by atoms with Gasteiger partial charge in [0.05, 0.1) is 4.90 Å². The normalized spacial score (nSPS) is 12.5. The lowest BCUT2D eigenvalue weighted by atomic mass is 9.95. The highest BCUT2D eigenvalue weighted by molar-refractivity contribution is 7.89. The Labute approximate surface area is 115 Å². The number of hydrogen-bond donors (Lipinski definition) is 3. The molecule has 1 rings (SSSR count). The first kappa shape index (κ1) is 15.9. The Morgan fingerprint density at radius 1 is 1.32 bits per heavy atom. The summed E-state index contributed by atoms with van der Waals surface area (Å²) in [7, 11) is -2.05. The molecule has 0 bridgehead atoms. The molecule has 0 aliphatic rings. The molecule has 0 heterocycles. The van der Waals surface area contributed by atoms with Gasteiger partial charge in [0.15, 0.2) is 0 Å². The lowest BCUT2D eigenvalue weighted by molar-refractivity contribution is 0.171. The molecule has 0 aliphatic carbocycles. The van der Waals surface area contributed by atoms with Crippen LogP contribution in [0.1, 0.15) is 19.4 Å². The summed E-state index contributed by atoms with van der Waals surface area (Å²) in [5.74, 6) is 0. The minimum atomic E-state index is -3.44. The summed E-state index contributed by atoms with van der Waals surface area (Å²) in [6.45, 7) is 6.40. The number of rotatable bonds is 6. The van der Waals surface area contributed by atoms with E-state index in [9.17, 15) is 13.5 Å². The van der Waals surface area contributed by atoms with Crippen molar-refractivity contribution in [1.82, 2.24) is 4.72 Å². The number of aliphatic hydroxyl groups is 1. The van der Waals surface area contributed by atoms with Crippen LogP contribution in [0.4, 0.5) is 5.69 Å². The van der Waals surface area contributed by atoms with Gasteiger partial charge in [-0.1, -0.05) is 19.9 Å². The van der Waals surface area contributed by atoms with Gasteiger partial charge >= 0.3 is 0 Å². The van der Waals surface area contributed by atoms with Crippen LogP contribution in [-0.2, 0) is 10.0 Å². The van der Waals surface area contributed by atoms with E-state index in [0.717, 1.165) is 11.3 Å². The van der Waals surface area contributed by atoms with E-state index in [2.05, 4.69) is 10.0 Å². The predicted molar refractivity (Wildman–Crippen MR) is 76.8 cm³/mol. The zero-order chi connectivity index (χ0) is 14.7. The topological polar surface area (TPSA) is 78.4 Å². The fraction of sp³-hybridized carbons (Fsp3) is 0.538. The summed E-state index contributed by atoms with van der Waals surface area (Å²) < 4.78 is 25.8. The van der Waals surface area contributed by atoms with Crippen molar-refractivity contribution in [3.63, 3.8) is 0 Å². The lowest BCUT2D eigenvalue weighted by Crippen LogP contribution is -2.27. The van der Waals surface area contributed by atoms with Crippen LogP contribution in [0.5, 0.6) is 0 Å². The van der Waals surface area contributed by atoms with Crippen LogP contribution in [-0.4, -0.2) is 33.7 Å². The fourth-order valence-corrected chi connectivity index (χ4v) is 2.22. The Hall–Kier alpha value is -1.11. The summed E-state index contributed by atoms with van der Waals surface area (Å²) in [6, 6.07) is 4.94. The van der Waals surface area contributed by atoms with Gasteiger partial charge < -0.3 is 10.4 Å². The SMILES string of the molecule is CNS(=O)(=O)c1ccc(C)c(NCC(C)(C)CO)c1. The summed E-state index contributed by atoms with van der Waals surface area (Å²) in [6.07, 6.45) is 0. The molecule has 0 aromatic heterocycles. The van der Waals surface area contributed by atoms with Gasteiger partial charge in [0.1, 0.15) is 0 Å². The van der Waals surface area contributed by atoms with E-state index in [-0.39, 0.29) is 16.9 Å². The highest BCUT2D eigenvalue weighted by Crippen LogP contribution is 2.22. The van der Waals surface area contributed by atoms with Gasteiger partial charge in [-0.25, -0.2) is 13.1 Å². The molecular formula is C13H22N2O3S. The first-order chi connectivity index (χ1) is 8.72. The van der Waals surface area contributed by atoms with Gasteiger partial charge in [-0.05, 0) is 31.7 Å². The van der Waals surface area contributed by atoms with Gasteiger partial charge in [-0.2, -0.15) is 0 Å². The van der Waals surface area contributed by atoms with Crippen molar-refractivity contribution in [1.29, 1.82) is 0 Å². The third kappa shape index (κ3) is 4.19. The Balaban J connectivity index is 2.99. The maximum absolute atomic E-state index is 11.7. The summed E-state index contributed by atoms with van der Waals surface area (Å²) in [5.41, 5.74) is 1.46. The molecule has 0 unspecified atom stereocenters. The van der Waals surface area contributed by atoms with Crippen LogP contribution in [0.2, 0.25) is 0 Å². The van der Waals surface area contributed by atoms with Crippen LogP contribution in [0.3, 0.4) is 0 Å². The van der Waals surface area contributed by atoms with Crippen LogP contribution in [0.15, 0.2) is 23.1 Å². The molecule has 0 atom stereocenters. The van der Waals surface area contributed by atoms with Gasteiger partial charge in [0, 0.05) is 24.3 Å². The summed E-state index contributed by atoms with van der Waals surface area (Å²) in [5, 5.41) is 12.4. The third-order valence-corrected chi connectivity index (χ3v) is 4.39. The Kier molecular flexibility index (Phi) is 4.95. The van der Waals surface area contributed by atoms with Crippen molar-refractivity contribution < 1.29 is 13.5 Å². The molecule has 108 valence electrons. The zero-order valence-corrected chi connectivity index (χ0v) is 12.6. The maximum atomic E-state index is 11.7. The Morgan fingerprint density at radius 2 is 1.95 bits per heavy atom. The van der Waals surface area contributed by atoms with Gasteiger partial charge in [-0.15, -0.1) is 0 Å². The van der Waals surface area contributed by atoms with Crippen molar-refractivity contribution in [2.75, 3.05) is 25.5 Å². The maximum Gasteiger partial charge on any atom is 0.240 e. The quantitative estimate of drug-likeness (QED) is 0.737. The second-order valence-electron chi connectivity index (χ2n) is 5.36. The molecule has 0 amide bonds. The number of anilines is 1. The fourth-order valence-electron chi connectivity index (χ4n) is 1.47. The van der Waals surface area contributed by atoms with E-state index in [1.165, 1.54) is 7.05 Å². The third-order valence-electron chi connectivity index (χ3n) is 2.97. The molecule has 5 nitrogen and oxygen atoms in total. The lowest BCUT2D eigenvalue weighted by Gasteiger charge is -2.23. The largest absolute Gasteiger partial charge is 0.396 e. The van der Waals surface area contributed by atoms with Crippen LogP contribution < -0.4 is 10.0 Å². The monoisotopic (exact) mass is 286 g/mol. The first-order valence-electron chi connectivity index (χ1n) is 6.11. The smallest absolute Gasteiger partial charge is 0.240 e. The van der Waals surface area contributed by atoms with Crippen molar-refractivity contribution in [3.05, 3.63) is 23.8 Å². The predicted octanol–water partition coefficient (Wildman–Crippen LogP) is 1.33. The van der Waals surface area contributed by atoms with Crippen LogP contribution >= 0.6 is 0 Å². The van der Waals surface area contributed by atoms with Gasteiger partial charge in [0.2, 0.25) is 10.0 Å². The van der Waals surface area contributed by atoms with E-state index in [1.54, 1.807) is 18.2 Å². The average Bonchev–Trinajstić information content (AvgIpc) is 2.37. The summed E-state index contributed by atoms with van der Waals surface area (Å²) >= 11 is 0. The van der Waals surface area contributed by atoms with E-state index in [1.807, 2.05) is 20.8 Å². The van der Waals surface area contributed by atoms with Gasteiger partial charge in [0.25, 0.3) is 0 Å². The molecule has 1 aromatic rings. The van der Waals surface area contributed by atoms with Crippen molar-refractivity contribution >= 4 is 15.7 Å². The average molecular weight is 286 g/mol. The first-order valence-corrected chi connectivity index (χ1v) is 7.59. The highest BCUT2D eigenvalue weighted by Gasteiger charge is 2.17.